The van der Waals surface area contributed by atoms with E-state index in [4.69, 9.17) is 0 Å². The molecule has 1 aliphatic carbocycles. The molecule has 1 saturated carbocycles. The van der Waals surface area contributed by atoms with Gasteiger partial charge in [0, 0.05) is 17.1 Å². The summed E-state index contributed by atoms with van der Waals surface area (Å²) in [6.07, 6.45) is 5.58. The largest absolute Gasteiger partial charge is 0.352 e. The Labute approximate surface area is 258 Å². The third-order valence-corrected chi connectivity index (χ3v) is 10.1. The average molecular weight is 655 g/mol. The number of aryl methyl sites for hydroxylation is 2. The lowest BCUT2D eigenvalue weighted by molar-refractivity contribution is -0.140. The van der Waals surface area contributed by atoms with Gasteiger partial charge in [0.2, 0.25) is 11.8 Å². The highest BCUT2D eigenvalue weighted by Crippen LogP contribution is 2.27. The van der Waals surface area contributed by atoms with Crippen molar-refractivity contribution in [3.8, 4) is 0 Å². The number of benzene rings is 3. The molecule has 3 aromatic carbocycles. The molecule has 0 heterocycles. The van der Waals surface area contributed by atoms with Crippen molar-refractivity contribution in [1.29, 1.82) is 0 Å². The van der Waals surface area contributed by atoms with E-state index in [1.54, 1.807) is 53.4 Å². The lowest BCUT2D eigenvalue weighted by Crippen LogP contribution is -2.54. The number of halogens is 1. The Morgan fingerprint density at radius 3 is 2.21 bits per heavy atom. The summed E-state index contributed by atoms with van der Waals surface area (Å²) in [6.45, 7) is 5.49. The van der Waals surface area contributed by atoms with E-state index >= 15 is 0 Å². The number of anilines is 1. The van der Waals surface area contributed by atoms with Gasteiger partial charge < -0.3 is 10.2 Å². The summed E-state index contributed by atoms with van der Waals surface area (Å²) in [5.41, 5.74) is 3.21. The van der Waals surface area contributed by atoms with Crippen LogP contribution in [0.1, 0.15) is 62.1 Å². The minimum Gasteiger partial charge on any atom is -0.352 e. The molecule has 0 saturated heterocycles. The molecule has 1 unspecified atom stereocenters. The van der Waals surface area contributed by atoms with E-state index in [-0.39, 0.29) is 23.4 Å². The van der Waals surface area contributed by atoms with Gasteiger partial charge in [-0.15, -0.1) is 0 Å². The Morgan fingerprint density at radius 1 is 0.929 bits per heavy atom. The summed E-state index contributed by atoms with van der Waals surface area (Å²) in [5.74, 6) is -0.636. The van der Waals surface area contributed by atoms with Crippen molar-refractivity contribution in [2.24, 2.45) is 0 Å². The molecular weight excluding hydrogens is 614 g/mol. The second kappa shape index (κ2) is 14.3. The molecular formula is C33H40BrN3O4S. The summed E-state index contributed by atoms with van der Waals surface area (Å²) >= 11 is 3.41. The van der Waals surface area contributed by atoms with Crippen LogP contribution in [0.25, 0.3) is 0 Å². The van der Waals surface area contributed by atoms with E-state index < -0.39 is 28.5 Å². The molecule has 0 spiro atoms. The van der Waals surface area contributed by atoms with Gasteiger partial charge in [-0.1, -0.05) is 89.6 Å². The normalized spacial score (nSPS) is 14.7. The Kier molecular flexibility index (Phi) is 10.8. The fraction of sp³-hybridized carbons (Fsp3) is 0.394. The molecule has 1 aliphatic rings. The summed E-state index contributed by atoms with van der Waals surface area (Å²) in [7, 11) is -4.10. The minimum atomic E-state index is -4.10. The number of hydrogen-bond donors (Lipinski definition) is 1. The van der Waals surface area contributed by atoms with Crippen LogP contribution in [-0.4, -0.2) is 43.8 Å². The number of hydrogen-bond acceptors (Lipinski definition) is 4. The van der Waals surface area contributed by atoms with E-state index in [9.17, 15) is 18.0 Å². The summed E-state index contributed by atoms with van der Waals surface area (Å²) < 4.78 is 29.9. The van der Waals surface area contributed by atoms with Crippen molar-refractivity contribution in [2.75, 3.05) is 10.8 Å². The van der Waals surface area contributed by atoms with Gasteiger partial charge in [0.15, 0.2) is 0 Å². The molecule has 1 N–H and O–H groups in total. The fourth-order valence-electron chi connectivity index (χ4n) is 5.44. The van der Waals surface area contributed by atoms with Crippen molar-refractivity contribution in [3.05, 3.63) is 94.0 Å². The van der Waals surface area contributed by atoms with Gasteiger partial charge in [0.25, 0.3) is 10.0 Å². The van der Waals surface area contributed by atoms with Gasteiger partial charge in [0.05, 0.1) is 10.6 Å². The minimum absolute atomic E-state index is 0.0936. The van der Waals surface area contributed by atoms with E-state index in [0.717, 1.165) is 51.2 Å². The van der Waals surface area contributed by atoms with Gasteiger partial charge in [-0.25, -0.2) is 8.42 Å². The number of carbonyl (C=O) groups is 2. The first-order chi connectivity index (χ1) is 20.1. The highest BCUT2D eigenvalue weighted by atomic mass is 79.9. The molecule has 1 atom stereocenters. The molecule has 224 valence electrons. The summed E-state index contributed by atoms with van der Waals surface area (Å²) in [6, 6.07) is 20.6. The maximum absolute atomic E-state index is 14.2. The lowest BCUT2D eigenvalue weighted by Gasteiger charge is -2.34. The van der Waals surface area contributed by atoms with Crippen molar-refractivity contribution >= 4 is 43.5 Å². The Balaban J connectivity index is 1.70. The standard InChI is InChI=1S/C33H40BrN3O4S/c1-4-31(33(39)35-28-11-6-5-7-12-28)36(22-26-10-8-9-25(3)21-26)32(38)23-37(29-17-15-27(34)16-18-29)42(40,41)30-19-13-24(2)14-20-30/h8-10,13-21,28,31H,4-7,11-12,22-23H2,1-3H3,(H,35,39). The zero-order valence-electron chi connectivity index (χ0n) is 24.6. The van der Waals surface area contributed by atoms with Crippen molar-refractivity contribution in [2.45, 2.75) is 82.8 Å². The zero-order valence-corrected chi connectivity index (χ0v) is 27.0. The van der Waals surface area contributed by atoms with Gasteiger partial charge in [-0.05, 0) is 75.1 Å². The molecule has 4 rings (SSSR count). The zero-order chi connectivity index (χ0) is 30.3. The van der Waals surface area contributed by atoms with Crippen LogP contribution in [0.3, 0.4) is 0 Å². The SMILES string of the molecule is CCC(C(=O)NC1CCCCC1)N(Cc1cccc(C)c1)C(=O)CN(c1ccc(Br)cc1)S(=O)(=O)c1ccc(C)cc1. The quantitative estimate of drug-likeness (QED) is 0.255. The maximum Gasteiger partial charge on any atom is 0.264 e. The molecule has 0 bridgehead atoms. The first-order valence-electron chi connectivity index (χ1n) is 14.6. The van der Waals surface area contributed by atoms with Gasteiger partial charge >= 0.3 is 0 Å². The molecule has 0 aromatic heterocycles. The van der Waals surface area contributed by atoms with Crippen LogP contribution in [0.5, 0.6) is 0 Å². The number of nitrogens with one attached hydrogen (secondary N) is 1. The van der Waals surface area contributed by atoms with Crippen LogP contribution in [0.4, 0.5) is 5.69 Å². The molecule has 1 fully saturated rings. The van der Waals surface area contributed by atoms with Crippen LogP contribution < -0.4 is 9.62 Å². The predicted octanol–water partition coefficient (Wildman–Crippen LogP) is 6.52. The molecule has 0 aliphatic heterocycles. The smallest absolute Gasteiger partial charge is 0.264 e. The number of nitrogens with zero attached hydrogens (tertiary/aromatic N) is 2. The fourth-order valence-corrected chi connectivity index (χ4v) is 7.12. The van der Waals surface area contributed by atoms with E-state index in [2.05, 4.69) is 21.2 Å². The molecule has 2 amide bonds. The van der Waals surface area contributed by atoms with Crippen LogP contribution in [0.15, 0.2) is 82.2 Å². The molecule has 0 radical (unpaired) electrons. The first kappa shape index (κ1) is 31.8. The number of sulfonamides is 1. The third kappa shape index (κ3) is 8.01. The third-order valence-electron chi connectivity index (χ3n) is 7.78. The van der Waals surface area contributed by atoms with Crippen LogP contribution in [-0.2, 0) is 26.2 Å². The Hall–Kier alpha value is -3.17. The van der Waals surface area contributed by atoms with Crippen LogP contribution in [0, 0.1) is 13.8 Å². The van der Waals surface area contributed by atoms with Crippen molar-refractivity contribution < 1.29 is 18.0 Å². The predicted molar refractivity (Wildman–Crippen MR) is 171 cm³/mol. The maximum atomic E-state index is 14.2. The van der Waals surface area contributed by atoms with Gasteiger partial charge in [-0.2, -0.15) is 0 Å². The highest BCUT2D eigenvalue weighted by molar-refractivity contribution is 9.10. The molecule has 9 heteroatoms. The summed E-state index contributed by atoms with van der Waals surface area (Å²) in [5, 5.41) is 3.19. The summed E-state index contributed by atoms with van der Waals surface area (Å²) in [4.78, 5) is 29.5. The number of rotatable bonds is 11. The molecule has 42 heavy (non-hydrogen) atoms. The van der Waals surface area contributed by atoms with Crippen LogP contribution >= 0.6 is 15.9 Å². The van der Waals surface area contributed by atoms with E-state index in [1.807, 2.05) is 45.0 Å². The Morgan fingerprint density at radius 2 is 1.60 bits per heavy atom. The average Bonchev–Trinajstić information content (AvgIpc) is 2.97. The van der Waals surface area contributed by atoms with Crippen molar-refractivity contribution in [1.82, 2.24) is 10.2 Å². The van der Waals surface area contributed by atoms with Crippen molar-refractivity contribution in [3.63, 3.8) is 0 Å². The first-order valence-corrected chi connectivity index (χ1v) is 16.8. The van der Waals surface area contributed by atoms with Gasteiger partial charge in [0.1, 0.15) is 12.6 Å². The van der Waals surface area contributed by atoms with Gasteiger partial charge in [-0.3, -0.25) is 13.9 Å². The number of amides is 2. The van der Waals surface area contributed by atoms with Crippen LogP contribution in [0.2, 0.25) is 0 Å². The second-order valence-corrected chi connectivity index (χ2v) is 13.9. The highest BCUT2D eigenvalue weighted by Gasteiger charge is 2.34. The van der Waals surface area contributed by atoms with E-state index in [0.29, 0.717) is 12.1 Å². The van der Waals surface area contributed by atoms with E-state index in [1.165, 1.54) is 6.42 Å². The molecule has 3 aromatic rings. The molecule has 7 nitrogen and oxygen atoms in total. The lowest BCUT2D eigenvalue weighted by atomic mass is 9.95. The number of carbonyl (C=O) groups excluding carboxylic acids is 2. The monoisotopic (exact) mass is 653 g/mol. The topological polar surface area (TPSA) is 86.8 Å². The second-order valence-electron chi connectivity index (χ2n) is 11.1. The Bertz CT molecular complexity index is 1470.